The minimum Gasteiger partial charge on any atom is -0.299 e. The highest BCUT2D eigenvalue weighted by Crippen LogP contribution is 2.29. The van der Waals surface area contributed by atoms with Gasteiger partial charge in [-0.05, 0) is 74.8 Å². The maximum atomic E-state index is 12.8. The van der Waals surface area contributed by atoms with Crippen LogP contribution >= 0.6 is 0 Å². The predicted molar refractivity (Wildman–Crippen MR) is 131 cm³/mol. The molecule has 0 saturated carbocycles. The van der Waals surface area contributed by atoms with Crippen molar-refractivity contribution < 1.29 is 21.6 Å². The van der Waals surface area contributed by atoms with Crippen molar-refractivity contribution in [2.24, 2.45) is 0 Å². The number of nitrogens with zero attached hydrogens (tertiary/aromatic N) is 3. The molecule has 0 radical (unpaired) electrons. The molecular weight excluding hydrogens is 475 g/mol. The fourth-order valence-electron chi connectivity index (χ4n) is 5.25. The summed E-state index contributed by atoms with van der Waals surface area (Å²) in [6.45, 7) is 7.04. The lowest BCUT2D eigenvalue weighted by Crippen LogP contribution is -2.46. The smallest absolute Gasteiger partial charge is 0.299 e. The summed E-state index contributed by atoms with van der Waals surface area (Å²) in [5.74, 6) is 0. The molecule has 0 N–H and O–H groups in total. The lowest BCUT2D eigenvalue weighted by atomic mass is 10.0. The van der Waals surface area contributed by atoms with Gasteiger partial charge in [-0.1, -0.05) is 30.3 Å². The minimum atomic E-state index is -4.30. The molecule has 2 aliphatic heterocycles. The van der Waals surface area contributed by atoms with Crippen LogP contribution in [0.15, 0.2) is 53.4 Å². The highest BCUT2D eigenvalue weighted by atomic mass is 32.2. The summed E-state index contributed by atoms with van der Waals surface area (Å²) in [7, 11) is -3.24. The summed E-state index contributed by atoms with van der Waals surface area (Å²) in [5.41, 5.74) is 1.17. The molecule has 0 amide bonds. The summed E-state index contributed by atoms with van der Waals surface area (Å²) in [6.07, 6.45) is 0.120. The first-order valence-electron chi connectivity index (χ1n) is 12.2. The van der Waals surface area contributed by atoms with Gasteiger partial charge in [0.2, 0.25) is 0 Å². The lowest BCUT2D eigenvalue weighted by molar-refractivity contribution is -0.137. The van der Waals surface area contributed by atoms with Crippen molar-refractivity contribution in [3.63, 3.8) is 0 Å². The van der Waals surface area contributed by atoms with E-state index in [1.165, 1.54) is 18.4 Å². The molecule has 2 heterocycles. The highest BCUT2D eigenvalue weighted by molar-refractivity contribution is 7.90. The number of rotatable bonds is 6. The monoisotopic (exact) mass is 509 g/mol. The normalized spacial score (nSPS) is 20.1. The van der Waals surface area contributed by atoms with Crippen LogP contribution in [0.4, 0.5) is 13.2 Å². The number of hydrogen-bond acceptors (Lipinski definition) is 5. The molecule has 2 aromatic carbocycles. The van der Waals surface area contributed by atoms with Gasteiger partial charge in [-0.15, -0.1) is 0 Å². The quantitative estimate of drug-likeness (QED) is 0.582. The Morgan fingerprint density at radius 3 is 2.14 bits per heavy atom. The molecule has 0 bridgehead atoms. The Morgan fingerprint density at radius 2 is 1.49 bits per heavy atom. The Morgan fingerprint density at radius 1 is 0.829 bits per heavy atom. The van der Waals surface area contributed by atoms with Crippen molar-refractivity contribution in [2.75, 3.05) is 45.5 Å². The fourth-order valence-corrected chi connectivity index (χ4v) is 6.19. The Labute approximate surface area is 206 Å². The summed E-state index contributed by atoms with van der Waals surface area (Å²) in [6, 6.07) is 13.3. The number of likely N-dealkylation sites (tertiary alicyclic amines) is 1. The van der Waals surface area contributed by atoms with Crippen LogP contribution in [-0.4, -0.2) is 74.7 Å². The van der Waals surface area contributed by atoms with Gasteiger partial charge in [0.25, 0.3) is 0 Å². The van der Waals surface area contributed by atoms with Crippen LogP contribution in [0.25, 0.3) is 0 Å². The van der Waals surface area contributed by atoms with Crippen molar-refractivity contribution in [1.29, 1.82) is 0 Å². The molecule has 2 aliphatic rings. The third kappa shape index (κ3) is 7.06. The molecular formula is C26H34F3N3O2S. The molecule has 0 atom stereocenters. The number of benzene rings is 2. The minimum absolute atomic E-state index is 0.419. The summed E-state index contributed by atoms with van der Waals surface area (Å²) in [4.78, 5) is 7.66. The molecule has 0 aliphatic carbocycles. The first-order chi connectivity index (χ1) is 16.6. The van der Waals surface area contributed by atoms with Crippen LogP contribution in [0, 0.1) is 0 Å². The second kappa shape index (κ2) is 11.0. The highest BCUT2D eigenvalue weighted by Gasteiger charge is 2.30. The first kappa shape index (κ1) is 26.1. The SMILES string of the molecule is CS(=O)(=O)c1ccccc1CN1CCC(N2CCCN(Cc3ccc(C(F)(F)F)cc3)CC2)CC1. The zero-order valence-corrected chi connectivity index (χ0v) is 21.0. The standard InChI is InChI=1S/C26H34F3N3O2S/c1-35(33,34)25-6-3-2-5-22(25)20-31-15-11-24(12-16-31)32-14-4-13-30(17-18-32)19-21-7-9-23(10-8-21)26(27,28)29/h2-3,5-10,24H,4,11-20H2,1H3. The van der Waals surface area contributed by atoms with Crippen molar-refractivity contribution >= 4 is 9.84 Å². The van der Waals surface area contributed by atoms with Gasteiger partial charge < -0.3 is 0 Å². The summed E-state index contributed by atoms with van der Waals surface area (Å²) in [5, 5.41) is 0. The number of hydrogen-bond donors (Lipinski definition) is 0. The number of alkyl halides is 3. The van der Waals surface area contributed by atoms with Crippen LogP contribution in [0.3, 0.4) is 0 Å². The molecule has 5 nitrogen and oxygen atoms in total. The maximum Gasteiger partial charge on any atom is 0.416 e. The van der Waals surface area contributed by atoms with Crippen molar-refractivity contribution in [3.8, 4) is 0 Å². The second-order valence-electron chi connectivity index (χ2n) is 9.75. The van der Waals surface area contributed by atoms with Crippen molar-refractivity contribution in [3.05, 3.63) is 65.2 Å². The maximum absolute atomic E-state index is 12.8. The van der Waals surface area contributed by atoms with Gasteiger partial charge in [0.1, 0.15) is 0 Å². The topological polar surface area (TPSA) is 43.9 Å². The predicted octanol–water partition coefficient (Wildman–Crippen LogP) is 4.28. The van der Waals surface area contributed by atoms with Gasteiger partial charge in [-0.3, -0.25) is 14.7 Å². The molecule has 2 aromatic rings. The molecule has 4 rings (SSSR count). The third-order valence-electron chi connectivity index (χ3n) is 7.15. The van der Waals surface area contributed by atoms with E-state index in [0.29, 0.717) is 24.0 Å². The van der Waals surface area contributed by atoms with Crippen LogP contribution < -0.4 is 0 Å². The Balaban J connectivity index is 1.26. The zero-order valence-electron chi connectivity index (χ0n) is 20.2. The third-order valence-corrected chi connectivity index (χ3v) is 8.35. The Hall–Kier alpha value is -1.94. The van der Waals surface area contributed by atoms with E-state index >= 15 is 0 Å². The average molecular weight is 510 g/mol. The van der Waals surface area contributed by atoms with Crippen LogP contribution in [0.5, 0.6) is 0 Å². The number of sulfone groups is 1. The van der Waals surface area contributed by atoms with E-state index in [0.717, 1.165) is 69.7 Å². The van der Waals surface area contributed by atoms with E-state index < -0.39 is 21.6 Å². The van der Waals surface area contributed by atoms with Gasteiger partial charge in [0, 0.05) is 38.5 Å². The molecule has 2 fully saturated rings. The Bertz CT molecular complexity index is 1080. The first-order valence-corrected chi connectivity index (χ1v) is 14.1. The molecule has 0 unspecified atom stereocenters. The second-order valence-corrected chi connectivity index (χ2v) is 11.7. The Kier molecular flexibility index (Phi) is 8.20. The van der Waals surface area contributed by atoms with Gasteiger partial charge in [0.15, 0.2) is 9.84 Å². The fraction of sp³-hybridized carbons (Fsp3) is 0.538. The molecule has 0 aromatic heterocycles. The molecule has 35 heavy (non-hydrogen) atoms. The van der Waals surface area contributed by atoms with E-state index in [1.807, 2.05) is 12.1 Å². The van der Waals surface area contributed by atoms with E-state index in [-0.39, 0.29) is 0 Å². The number of piperidine rings is 1. The van der Waals surface area contributed by atoms with Crippen LogP contribution in [-0.2, 0) is 29.1 Å². The molecule has 9 heteroatoms. The van der Waals surface area contributed by atoms with Gasteiger partial charge in [0.05, 0.1) is 10.5 Å². The van der Waals surface area contributed by atoms with E-state index in [1.54, 1.807) is 24.3 Å². The number of halogens is 3. The van der Waals surface area contributed by atoms with E-state index in [4.69, 9.17) is 0 Å². The van der Waals surface area contributed by atoms with Crippen LogP contribution in [0.1, 0.15) is 36.0 Å². The summed E-state index contributed by atoms with van der Waals surface area (Å²) < 4.78 is 62.6. The lowest BCUT2D eigenvalue weighted by Gasteiger charge is -2.38. The van der Waals surface area contributed by atoms with Gasteiger partial charge in [-0.2, -0.15) is 13.2 Å². The zero-order chi connectivity index (χ0) is 25.1. The average Bonchev–Trinajstić information content (AvgIpc) is 3.05. The van der Waals surface area contributed by atoms with E-state index in [2.05, 4.69) is 14.7 Å². The molecule has 2 saturated heterocycles. The van der Waals surface area contributed by atoms with Crippen molar-refractivity contribution in [1.82, 2.24) is 14.7 Å². The largest absolute Gasteiger partial charge is 0.416 e. The van der Waals surface area contributed by atoms with Gasteiger partial charge >= 0.3 is 6.18 Å². The van der Waals surface area contributed by atoms with Crippen molar-refractivity contribution in [2.45, 2.75) is 49.5 Å². The molecule has 192 valence electrons. The van der Waals surface area contributed by atoms with E-state index in [9.17, 15) is 21.6 Å². The molecule has 0 spiro atoms. The van der Waals surface area contributed by atoms with Gasteiger partial charge in [-0.25, -0.2) is 8.42 Å². The van der Waals surface area contributed by atoms with Crippen LogP contribution in [0.2, 0.25) is 0 Å². The summed E-state index contributed by atoms with van der Waals surface area (Å²) >= 11 is 0.